The minimum absolute atomic E-state index is 0.247. The number of ether oxygens (including phenoxy) is 1. The molecule has 8 nitrogen and oxygen atoms in total. The van der Waals surface area contributed by atoms with Gasteiger partial charge in [-0.15, -0.1) is 0 Å². The minimum atomic E-state index is -3.41. The van der Waals surface area contributed by atoms with Crippen LogP contribution in [0.25, 0.3) is 5.69 Å². The molecule has 0 bridgehead atoms. The van der Waals surface area contributed by atoms with Gasteiger partial charge in [0.2, 0.25) is 10.0 Å². The second kappa shape index (κ2) is 8.96. The number of aromatic nitrogens is 2. The molecule has 2 aromatic rings. The van der Waals surface area contributed by atoms with Crippen molar-refractivity contribution in [1.82, 2.24) is 19.4 Å². The molecule has 1 aromatic carbocycles. The Morgan fingerprint density at radius 3 is 2.66 bits per heavy atom. The van der Waals surface area contributed by atoms with Crippen molar-refractivity contribution >= 4 is 16.1 Å². The topological polar surface area (TPSA) is 93.5 Å². The average molecular weight is 421 g/mol. The van der Waals surface area contributed by atoms with E-state index >= 15 is 0 Å². The van der Waals surface area contributed by atoms with Crippen LogP contribution >= 0.6 is 0 Å². The number of para-hydroxylation sites is 1. The zero-order chi connectivity index (χ0) is 21.0. The summed E-state index contributed by atoms with van der Waals surface area (Å²) in [7, 11) is -3.41. The van der Waals surface area contributed by atoms with E-state index in [2.05, 4.69) is 9.82 Å². The maximum Gasteiger partial charge on any atom is 0.410 e. The van der Waals surface area contributed by atoms with Crippen LogP contribution in [0.5, 0.6) is 0 Å². The first-order valence-corrected chi connectivity index (χ1v) is 11.7. The third-order valence-corrected chi connectivity index (χ3v) is 5.53. The molecule has 1 amide bonds. The monoisotopic (exact) mass is 420 g/mol. The molecule has 158 valence electrons. The van der Waals surface area contributed by atoms with E-state index in [1.165, 1.54) is 0 Å². The molecule has 0 radical (unpaired) electrons. The largest absolute Gasteiger partial charge is 0.447 e. The van der Waals surface area contributed by atoms with Crippen LogP contribution in [-0.4, -0.2) is 60.2 Å². The predicted molar refractivity (Wildman–Crippen MR) is 110 cm³/mol. The lowest BCUT2D eigenvalue weighted by Gasteiger charge is -2.40. The molecule has 0 unspecified atom stereocenters. The fraction of sp³-hybridized carbons (Fsp3) is 0.500. The molecule has 0 saturated carbocycles. The fourth-order valence-corrected chi connectivity index (χ4v) is 4.45. The summed E-state index contributed by atoms with van der Waals surface area (Å²) in [5, 5.41) is 4.62. The van der Waals surface area contributed by atoms with Gasteiger partial charge >= 0.3 is 6.09 Å². The van der Waals surface area contributed by atoms with Gasteiger partial charge in [-0.05, 0) is 44.9 Å². The number of rotatable bonds is 6. The first-order valence-electron chi connectivity index (χ1n) is 9.77. The number of piperidine rings is 1. The first-order chi connectivity index (χ1) is 13.7. The Hall–Kier alpha value is -2.39. The van der Waals surface area contributed by atoms with Gasteiger partial charge in [-0.1, -0.05) is 18.2 Å². The molecular formula is C20H28N4O4S. The van der Waals surface area contributed by atoms with Gasteiger partial charge in [0.25, 0.3) is 0 Å². The molecule has 2 atom stereocenters. The molecule has 1 aliphatic heterocycles. The molecule has 3 rings (SSSR count). The average Bonchev–Trinajstić information content (AvgIpc) is 3.10. The van der Waals surface area contributed by atoms with Crippen molar-refractivity contribution in [3.63, 3.8) is 0 Å². The van der Waals surface area contributed by atoms with Crippen LogP contribution < -0.4 is 4.72 Å². The Kier molecular flexibility index (Phi) is 6.59. The summed E-state index contributed by atoms with van der Waals surface area (Å²) >= 11 is 0. The van der Waals surface area contributed by atoms with Crippen LogP contribution in [0.2, 0.25) is 0 Å². The lowest BCUT2D eigenvalue weighted by molar-refractivity contribution is 0.0459. The van der Waals surface area contributed by atoms with Crippen molar-refractivity contribution in [2.24, 2.45) is 0 Å². The first kappa shape index (κ1) is 21.3. The number of likely N-dealkylation sites (tertiary alicyclic amines) is 1. The third-order valence-electron chi connectivity index (χ3n) is 4.80. The summed E-state index contributed by atoms with van der Waals surface area (Å²) in [5.74, 6) is 0. The van der Waals surface area contributed by atoms with Gasteiger partial charge in [-0.3, -0.25) is 0 Å². The Morgan fingerprint density at radius 1 is 1.28 bits per heavy atom. The smallest absolute Gasteiger partial charge is 0.410 e. The van der Waals surface area contributed by atoms with Crippen molar-refractivity contribution in [3.8, 4) is 5.69 Å². The summed E-state index contributed by atoms with van der Waals surface area (Å²) in [4.78, 5) is 14.3. The van der Waals surface area contributed by atoms with Gasteiger partial charge in [-0.2, -0.15) is 5.10 Å². The van der Waals surface area contributed by atoms with E-state index in [0.717, 1.165) is 17.6 Å². The van der Waals surface area contributed by atoms with E-state index in [9.17, 15) is 13.2 Å². The predicted octanol–water partition coefficient (Wildman–Crippen LogP) is 2.34. The molecule has 0 spiro atoms. The van der Waals surface area contributed by atoms with E-state index in [1.54, 1.807) is 23.4 Å². The molecule has 9 heteroatoms. The van der Waals surface area contributed by atoms with Crippen molar-refractivity contribution < 1.29 is 17.9 Å². The Morgan fingerprint density at radius 2 is 2.00 bits per heavy atom. The van der Waals surface area contributed by atoms with Gasteiger partial charge in [0.1, 0.15) is 0 Å². The number of nitrogens with one attached hydrogen (secondary N) is 1. The van der Waals surface area contributed by atoms with E-state index < -0.39 is 16.1 Å². The van der Waals surface area contributed by atoms with Crippen LogP contribution in [0.1, 0.15) is 32.4 Å². The summed E-state index contributed by atoms with van der Waals surface area (Å²) in [6, 6.07) is 10.9. The summed E-state index contributed by atoms with van der Waals surface area (Å²) in [5.41, 5.74) is 1.72. The highest BCUT2D eigenvalue weighted by Crippen LogP contribution is 2.23. The molecular weight excluding hydrogens is 392 g/mol. The molecule has 1 fully saturated rings. The summed E-state index contributed by atoms with van der Waals surface area (Å²) in [6.07, 6.45) is 4.12. The number of nitrogens with zero attached hydrogens (tertiary/aromatic N) is 3. The molecule has 2 heterocycles. The van der Waals surface area contributed by atoms with Gasteiger partial charge in [0.15, 0.2) is 0 Å². The van der Waals surface area contributed by atoms with Crippen LogP contribution in [0.3, 0.4) is 0 Å². The number of sulfonamides is 1. The van der Waals surface area contributed by atoms with Crippen LogP contribution in [0, 0.1) is 0 Å². The second-order valence-electron chi connectivity index (χ2n) is 7.62. The molecule has 1 saturated heterocycles. The van der Waals surface area contributed by atoms with Gasteiger partial charge in [0, 0.05) is 25.2 Å². The fourth-order valence-electron chi connectivity index (χ4n) is 3.63. The maximum absolute atomic E-state index is 12.6. The summed E-state index contributed by atoms with van der Waals surface area (Å²) in [6.45, 7) is 4.12. The molecule has 1 aliphatic rings. The third kappa shape index (κ3) is 5.80. The molecule has 1 aromatic heterocycles. The Balaban J connectivity index is 1.84. The Bertz CT molecular complexity index is 927. The van der Waals surface area contributed by atoms with E-state index in [1.807, 2.05) is 42.6 Å². The van der Waals surface area contributed by atoms with E-state index in [-0.39, 0.29) is 18.2 Å². The minimum Gasteiger partial charge on any atom is -0.447 e. The quantitative estimate of drug-likeness (QED) is 0.774. The highest BCUT2D eigenvalue weighted by molar-refractivity contribution is 7.88. The Labute approximate surface area is 171 Å². The normalized spacial score (nSPS) is 20.1. The van der Waals surface area contributed by atoms with Gasteiger partial charge < -0.3 is 9.64 Å². The van der Waals surface area contributed by atoms with Crippen molar-refractivity contribution in [2.75, 3.05) is 12.8 Å². The molecule has 1 N–H and O–H groups in total. The van der Waals surface area contributed by atoms with Gasteiger partial charge in [0.05, 0.1) is 29.8 Å². The standard InChI is InChI=1S/C20H28N4O4S/c1-15(2)28-20(25)23-12-7-10-18(22-29(3,26)27)19(23)14-16-11-13-24(21-16)17-8-5-4-6-9-17/h4-6,8-9,11,13,15,18-19,22H,7,10,12,14H2,1-3H3/t18-,19-/m0/s1. The number of carbonyl (C=O) groups excluding carboxylic acids is 1. The highest BCUT2D eigenvalue weighted by Gasteiger charge is 2.37. The molecule has 29 heavy (non-hydrogen) atoms. The van der Waals surface area contributed by atoms with Crippen molar-refractivity contribution in [2.45, 2.75) is 51.3 Å². The number of carbonyl (C=O) groups is 1. The highest BCUT2D eigenvalue weighted by atomic mass is 32.2. The van der Waals surface area contributed by atoms with Crippen LogP contribution in [0.4, 0.5) is 4.79 Å². The number of hydrogen-bond acceptors (Lipinski definition) is 5. The number of amides is 1. The van der Waals surface area contributed by atoms with Crippen molar-refractivity contribution in [3.05, 3.63) is 48.3 Å². The van der Waals surface area contributed by atoms with Gasteiger partial charge in [-0.25, -0.2) is 22.6 Å². The van der Waals surface area contributed by atoms with E-state index in [0.29, 0.717) is 25.8 Å². The lowest BCUT2D eigenvalue weighted by Crippen LogP contribution is -2.58. The lowest BCUT2D eigenvalue weighted by atomic mass is 9.93. The maximum atomic E-state index is 12.6. The molecule has 0 aliphatic carbocycles. The number of hydrogen-bond donors (Lipinski definition) is 1. The van der Waals surface area contributed by atoms with E-state index in [4.69, 9.17) is 4.74 Å². The van der Waals surface area contributed by atoms with Crippen molar-refractivity contribution in [1.29, 1.82) is 0 Å². The summed E-state index contributed by atoms with van der Waals surface area (Å²) < 4.78 is 33.6. The zero-order valence-corrected chi connectivity index (χ0v) is 17.8. The van der Waals surface area contributed by atoms with Crippen LogP contribution in [-0.2, 0) is 21.2 Å². The van der Waals surface area contributed by atoms with Crippen LogP contribution in [0.15, 0.2) is 42.6 Å². The zero-order valence-electron chi connectivity index (χ0n) is 17.0. The second-order valence-corrected chi connectivity index (χ2v) is 9.40. The number of benzene rings is 1. The SMILES string of the molecule is CC(C)OC(=O)N1CCC[C@H](NS(C)(=O)=O)[C@@H]1Cc1ccn(-c2ccccc2)n1.